The summed E-state index contributed by atoms with van der Waals surface area (Å²) in [6, 6.07) is 5.23. The van der Waals surface area contributed by atoms with E-state index < -0.39 is 11.6 Å². The van der Waals surface area contributed by atoms with Crippen molar-refractivity contribution in [2.45, 2.75) is 26.4 Å². The lowest BCUT2D eigenvalue weighted by Gasteiger charge is -2.24. The molecule has 0 atom stereocenters. The summed E-state index contributed by atoms with van der Waals surface area (Å²) in [5, 5.41) is 0.569. The number of hydrogen-bond donors (Lipinski definition) is 0. The molecular weight excluding hydrogens is 318 g/mol. The number of likely N-dealkylation sites (N-methyl/N-ethyl adjacent to an activating group) is 1. The van der Waals surface area contributed by atoms with Crippen LogP contribution in [0.2, 0.25) is 5.02 Å². The first kappa shape index (κ1) is 17.3. The minimum atomic E-state index is -0.579. The zero-order chi connectivity index (χ0) is 17.2. The van der Waals surface area contributed by atoms with Crippen LogP contribution in [0.4, 0.5) is 0 Å². The normalized spacial score (nSPS) is 13.5. The second kappa shape index (κ2) is 6.62. The van der Waals surface area contributed by atoms with Gasteiger partial charge in [-0.15, -0.1) is 0 Å². The maximum Gasteiger partial charge on any atom is 0.326 e. The average Bonchev–Trinajstić information content (AvgIpc) is 2.43. The van der Waals surface area contributed by atoms with Gasteiger partial charge in [0.2, 0.25) is 0 Å². The molecule has 0 N–H and O–H groups in total. The molecule has 1 amide bonds. The molecule has 0 unspecified atom stereocenters. The second-order valence-electron chi connectivity index (χ2n) is 6.39. The Bertz CT molecular complexity index is 661. The van der Waals surface area contributed by atoms with Crippen molar-refractivity contribution in [2.24, 2.45) is 0 Å². The van der Waals surface area contributed by atoms with E-state index in [4.69, 9.17) is 21.1 Å². The number of hydrogen-bond acceptors (Lipinski definition) is 4. The summed E-state index contributed by atoms with van der Waals surface area (Å²) in [7, 11) is 1.56. The van der Waals surface area contributed by atoms with Crippen LogP contribution < -0.4 is 4.74 Å². The van der Waals surface area contributed by atoms with E-state index in [0.29, 0.717) is 16.3 Å². The van der Waals surface area contributed by atoms with Gasteiger partial charge in [0.15, 0.2) is 0 Å². The van der Waals surface area contributed by atoms with Crippen LogP contribution in [-0.2, 0) is 14.3 Å². The van der Waals surface area contributed by atoms with E-state index in [0.717, 1.165) is 5.56 Å². The first-order valence-electron chi connectivity index (χ1n) is 7.26. The third kappa shape index (κ3) is 4.73. The summed E-state index contributed by atoms with van der Waals surface area (Å²) in [6.07, 6.45) is 1.73. The van der Waals surface area contributed by atoms with Gasteiger partial charge in [0.05, 0.1) is 5.57 Å². The molecule has 1 aromatic carbocycles. The fourth-order valence-corrected chi connectivity index (χ4v) is 2.34. The summed E-state index contributed by atoms with van der Waals surface area (Å²) in [6.45, 7) is 5.39. The van der Waals surface area contributed by atoms with Crippen LogP contribution in [0.3, 0.4) is 0 Å². The molecule has 0 aliphatic carbocycles. The number of carbonyl (C=O) groups is 2. The Hall–Kier alpha value is -2.01. The van der Waals surface area contributed by atoms with E-state index in [9.17, 15) is 9.59 Å². The van der Waals surface area contributed by atoms with E-state index >= 15 is 0 Å². The number of carbonyl (C=O) groups excluding carboxylic acids is 2. The summed E-state index contributed by atoms with van der Waals surface area (Å²) in [5.74, 6) is -0.0450. The number of benzene rings is 1. The van der Waals surface area contributed by atoms with E-state index in [1.54, 1.807) is 52.1 Å². The lowest BCUT2D eigenvalue weighted by atomic mass is 10.1. The van der Waals surface area contributed by atoms with Gasteiger partial charge in [-0.25, -0.2) is 0 Å². The molecule has 2 rings (SSSR count). The third-order valence-electron chi connectivity index (χ3n) is 3.09. The van der Waals surface area contributed by atoms with E-state index in [-0.39, 0.29) is 19.1 Å². The number of fused-ring (bicyclic) bond motifs is 1. The Morgan fingerprint density at radius 2 is 2.04 bits per heavy atom. The molecule has 124 valence electrons. The van der Waals surface area contributed by atoms with Crippen molar-refractivity contribution in [3.05, 3.63) is 34.4 Å². The lowest BCUT2D eigenvalue weighted by molar-refractivity contribution is -0.157. The van der Waals surface area contributed by atoms with Crippen LogP contribution in [0.1, 0.15) is 26.3 Å². The molecule has 6 heteroatoms. The summed E-state index contributed by atoms with van der Waals surface area (Å²) >= 11 is 5.96. The van der Waals surface area contributed by atoms with Crippen LogP contribution in [0.5, 0.6) is 5.75 Å². The van der Waals surface area contributed by atoms with E-state index in [1.165, 1.54) is 4.90 Å². The number of halogens is 1. The van der Waals surface area contributed by atoms with Crippen LogP contribution >= 0.6 is 11.6 Å². The van der Waals surface area contributed by atoms with Gasteiger partial charge in [0.25, 0.3) is 5.91 Å². The van der Waals surface area contributed by atoms with Gasteiger partial charge < -0.3 is 14.4 Å². The maximum atomic E-state index is 12.4. The number of amides is 1. The van der Waals surface area contributed by atoms with Crippen molar-refractivity contribution >= 4 is 29.6 Å². The summed E-state index contributed by atoms with van der Waals surface area (Å²) < 4.78 is 10.8. The highest BCUT2D eigenvalue weighted by atomic mass is 35.5. The van der Waals surface area contributed by atoms with Crippen molar-refractivity contribution < 1.29 is 19.1 Å². The summed E-state index contributed by atoms with van der Waals surface area (Å²) in [5.41, 5.74) is 0.632. The zero-order valence-electron chi connectivity index (χ0n) is 13.7. The standard InChI is InChI=1S/C17H20ClNO4/c1-17(2,3)23-15(20)9-19(4)16(21)12-7-11-8-13(18)5-6-14(11)22-10-12/h5-8H,9-10H2,1-4H3. The Morgan fingerprint density at radius 3 is 2.70 bits per heavy atom. The van der Waals surface area contributed by atoms with Crippen molar-refractivity contribution in [2.75, 3.05) is 20.2 Å². The highest BCUT2D eigenvalue weighted by molar-refractivity contribution is 6.30. The van der Waals surface area contributed by atoms with E-state index in [1.807, 2.05) is 0 Å². The molecule has 1 aromatic rings. The molecule has 0 saturated carbocycles. The van der Waals surface area contributed by atoms with Gasteiger partial charge in [-0.1, -0.05) is 11.6 Å². The predicted molar refractivity (Wildman–Crippen MR) is 88.4 cm³/mol. The van der Waals surface area contributed by atoms with Gasteiger partial charge >= 0.3 is 5.97 Å². The predicted octanol–water partition coefficient (Wildman–Crippen LogP) is 2.92. The molecule has 5 nitrogen and oxygen atoms in total. The Morgan fingerprint density at radius 1 is 1.35 bits per heavy atom. The molecule has 0 radical (unpaired) electrons. The Labute approximate surface area is 140 Å². The largest absolute Gasteiger partial charge is 0.488 e. The molecule has 1 aliphatic heterocycles. The fraction of sp³-hybridized carbons (Fsp3) is 0.412. The summed E-state index contributed by atoms with van der Waals surface area (Å²) in [4.78, 5) is 25.6. The SMILES string of the molecule is CN(CC(=O)OC(C)(C)C)C(=O)C1=Cc2cc(Cl)ccc2OC1. The van der Waals surface area contributed by atoms with Crippen molar-refractivity contribution in [3.8, 4) is 5.75 Å². The van der Waals surface area contributed by atoms with Gasteiger partial charge in [-0.05, 0) is 45.0 Å². The Kier molecular flexibility index (Phi) is 5.00. The quantitative estimate of drug-likeness (QED) is 0.796. The second-order valence-corrected chi connectivity index (χ2v) is 6.82. The lowest BCUT2D eigenvalue weighted by Crippen LogP contribution is -2.38. The van der Waals surface area contributed by atoms with Gasteiger partial charge in [-0.3, -0.25) is 9.59 Å². The number of nitrogens with zero attached hydrogens (tertiary/aromatic N) is 1. The van der Waals surface area contributed by atoms with Crippen LogP contribution in [0.15, 0.2) is 23.8 Å². The first-order valence-corrected chi connectivity index (χ1v) is 7.64. The first-order chi connectivity index (χ1) is 10.7. The molecule has 0 aromatic heterocycles. The number of ether oxygens (including phenoxy) is 2. The van der Waals surface area contributed by atoms with Crippen LogP contribution in [0.25, 0.3) is 6.08 Å². The monoisotopic (exact) mass is 337 g/mol. The minimum Gasteiger partial charge on any atom is -0.488 e. The number of esters is 1. The van der Waals surface area contributed by atoms with Crippen molar-refractivity contribution in [1.82, 2.24) is 4.90 Å². The molecule has 0 fully saturated rings. The highest BCUT2D eigenvalue weighted by Crippen LogP contribution is 2.29. The average molecular weight is 338 g/mol. The topological polar surface area (TPSA) is 55.8 Å². The highest BCUT2D eigenvalue weighted by Gasteiger charge is 2.24. The van der Waals surface area contributed by atoms with Gasteiger partial charge in [0.1, 0.15) is 24.5 Å². The zero-order valence-corrected chi connectivity index (χ0v) is 14.4. The van der Waals surface area contributed by atoms with Crippen LogP contribution in [0, 0.1) is 0 Å². The minimum absolute atomic E-state index is 0.115. The fourth-order valence-electron chi connectivity index (χ4n) is 2.16. The Balaban J connectivity index is 2.07. The van der Waals surface area contributed by atoms with Gasteiger partial charge in [0, 0.05) is 17.6 Å². The van der Waals surface area contributed by atoms with Crippen molar-refractivity contribution in [1.29, 1.82) is 0 Å². The van der Waals surface area contributed by atoms with Crippen molar-refractivity contribution in [3.63, 3.8) is 0 Å². The number of rotatable bonds is 3. The molecule has 1 heterocycles. The molecular formula is C17H20ClNO4. The molecule has 1 aliphatic rings. The smallest absolute Gasteiger partial charge is 0.326 e. The molecule has 0 saturated heterocycles. The third-order valence-corrected chi connectivity index (χ3v) is 3.33. The molecule has 0 spiro atoms. The maximum absolute atomic E-state index is 12.4. The van der Waals surface area contributed by atoms with Gasteiger partial charge in [-0.2, -0.15) is 0 Å². The van der Waals surface area contributed by atoms with Crippen LogP contribution in [-0.4, -0.2) is 42.6 Å². The van der Waals surface area contributed by atoms with E-state index in [2.05, 4.69) is 0 Å². The molecule has 0 bridgehead atoms. The molecule has 23 heavy (non-hydrogen) atoms.